The first-order valence-electron chi connectivity index (χ1n) is 5.39. The fourth-order valence-corrected chi connectivity index (χ4v) is 1.68. The van der Waals surface area contributed by atoms with Crippen LogP contribution in [-0.2, 0) is 6.42 Å². The second-order valence-corrected chi connectivity index (χ2v) is 3.71. The van der Waals surface area contributed by atoms with E-state index in [9.17, 15) is 0 Å². The molecule has 1 unspecified atom stereocenters. The fraction of sp³-hybridized carbons (Fsp3) is 0.500. The van der Waals surface area contributed by atoms with Gasteiger partial charge in [-0.1, -0.05) is 25.5 Å². The van der Waals surface area contributed by atoms with E-state index in [-0.39, 0.29) is 0 Å². The van der Waals surface area contributed by atoms with Crippen LogP contribution in [0.2, 0.25) is 0 Å². The summed E-state index contributed by atoms with van der Waals surface area (Å²) in [6.45, 7) is 2.16. The first kappa shape index (κ1) is 12.0. The van der Waals surface area contributed by atoms with Crippen LogP contribution in [0.5, 0.6) is 5.75 Å². The van der Waals surface area contributed by atoms with E-state index < -0.39 is 0 Å². The van der Waals surface area contributed by atoms with Gasteiger partial charge in [-0.05, 0) is 30.5 Å². The van der Waals surface area contributed by atoms with Gasteiger partial charge < -0.3 is 4.74 Å². The zero-order valence-electron chi connectivity index (χ0n) is 9.49. The third-order valence-corrected chi connectivity index (χ3v) is 2.49. The molecule has 15 heavy (non-hydrogen) atoms. The molecule has 0 spiro atoms. The zero-order valence-corrected chi connectivity index (χ0v) is 9.49. The maximum absolute atomic E-state index is 5.50. The third kappa shape index (κ3) is 3.90. The van der Waals surface area contributed by atoms with Crippen LogP contribution >= 0.6 is 0 Å². The number of nitrogens with two attached hydrogens (primary N) is 1. The van der Waals surface area contributed by atoms with Crippen molar-refractivity contribution in [3.63, 3.8) is 0 Å². The van der Waals surface area contributed by atoms with Crippen LogP contribution < -0.4 is 16.0 Å². The predicted molar refractivity (Wildman–Crippen MR) is 62.7 cm³/mol. The Balaban J connectivity index is 2.61. The summed E-state index contributed by atoms with van der Waals surface area (Å²) in [6.07, 6.45) is 3.17. The lowest BCUT2D eigenvalue weighted by atomic mass is 10.0. The molecule has 0 amide bonds. The summed E-state index contributed by atoms with van der Waals surface area (Å²) >= 11 is 0. The molecule has 0 saturated heterocycles. The van der Waals surface area contributed by atoms with Crippen molar-refractivity contribution in [1.29, 1.82) is 0 Å². The highest BCUT2D eigenvalue weighted by Gasteiger charge is 2.06. The summed E-state index contributed by atoms with van der Waals surface area (Å²) in [4.78, 5) is 0. The molecule has 0 bridgehead atoms. The number of benzene rings is 1. The van der Waals surface area contributed by atoms with Gasteiger partial charge >= 0.3 is 0 Å². The number of hydrogen-bond donors (Lipinski definition) is 2. The molecule has 0 aliphatic heterocycles. The van der Waals surface area contributed by atoms with E-state index in [1.807, 2.05) is 12.1 Å². The van der Waals surface area contributed by atoms with Gasteiger partial charge in [0.2, 0.25) is 0 Å². The van der Waals surface area contributed by atoms with Gasteiger partial charge in [0.1, 0.15) is 5.75 Å². The number of methoxy groups -OCH3 is 1. The van der Waals surface area contributed by atoms with E-state index in [0.717, 1.165) is 25.0 Å². The first-order valence-corrected chi connectivity index (χ1v) is 5.39. The molecular formula is C12H20N2O. The molecule has 3 heteroatoms. The van der Waals surface area contributed by atoms with Crippen LogP contribution in [0, 0.1) is 0 Å². The predicted octanol–water partition coefficient (Wildman–Crippen LogP) is 1.87. The minimum Gasteiger partial charge on any atom is -0.497 e. The summed E-state index contributed by atoms with van der Waals surface area (Å²) in [5.74, 6) is 6.40. The van der Waals surface area contributed by atoms with Gasteiger partial charge in [0.05, 0.1) is 7.11 Å². The smallest absolute Gasteiger partial charge is 0.119 e. The number of nitrogens with one attached hydrogen (secondary N) is 1. The van der Waals surface area contributed by atoms with Crippen molar-refractivity contribution >= 4 is 0 Å². The topological polar surface area (TPSA) is 47.3 Å². The first-order chi connectivity index (χ1) is 7.30. The molecule has 1 rings (SSSR count). The van der Waals surface area contributed by atoms with Crippen LogP contribution in [0.25, 0.3) is 0 Å². The summed E-state index contributed by atoms with van der Waals surface area (Å²) in [5, 5.41) is 0. The van der Waals surface area contributed by atoms with Crippen molar-refractivity contribution in [2.24, 2.45) is 5.84 Å². The van der Waals surface area contributed by atoms with E-state index in [0.29, 0.717) is 6.04 Å². The third-order valence-electron chi connectivity index (χ3n) is 2.49. The summed E-state index contributed by atoms with van der Waals surface area (Å²) in [7, 11) is 1.68. The van der Waals surface area contributed by atoms with E-state index >= 15 is 0 Å². The molecule has 84 valence electrons. The van der Waals surface area contributed by atoms with Gasteiger partial charge in [-0.2, -0.15) is 0 Å². The molecule has 1 aromatic carbocycles. The summed E-state index contributed by atoms with van der Waals surface area (Å²) in [5.41, 5.74) is 4.10. The Morgan fingerprint density at radius 1 is 1.47 bits per heavy atom. The quantitative estimate of drug-likeness (QED) is 0.554. The van der Waals surface area contributed by atoms with Crippen molar-refractivity contribution in [2.45, 2.75) is 32.2 Å². The standard InChI is InChI=1S/C12H20N2O/c1-3-5-11(14-13)8-10-6-4-7-12(9-10)15-2/h4,6-7,9,11,14H,3,5,8,13H2,1-2H3. The average molecular weight is 208 g/mol. The normalized spacial score (nSPS) is 12.5. The maximum Gasteiger partial charge on any atom is 0.119 e. The van der Waals surface area contributed by atoms with Gasteiger partial charge in [-0.15, -0.1) is 0 Å². The molecule has 1 atom stereocenters. The SMILES string of the molecule is CCCC(Cc1cccc(OC)c1)NN. The van der Waals surface area contributed by atoms with Crippen molar-refractivity contribution in [1.82, 2.24) is 5.43 Å². The van der Waals surface area contributed by atoms with Gasteiger partial charge in [0.25, 0.3) is 0 Å². The molecule has 0 aliphatic rings. The Hall–Kier alpha value is -1.06. The zero-order chi connectivity index (χ0) is 11.1. The molecular weight excluding hydrogens is 188 g/mol. The van der Waals surface area contributed by atoms with Gasteiger partial charge in [0, 0.05) is 6.04 Å². The van der Waals surface area contributed by atoms with E-state index in [2.05, 4.69) is 24.5 Å². The Labute approximate surface area is 91.6 Å². The van der Waals surface area contributed by atoms with Gasteiger partial charge in [-0.3, -0.25) is 11.3 Å². The number of hydrazine groups is 1. The molecule has 0 heterocycles. The second kappa shape index (κ2) is 6.43. The van der Waals surface area contributed by atoms with Crippen LogP contribution in [-0.4, -0.2) is 13.2 Å². The molecule has 3 N–H and O–H groups in total. The number of ether oxygens (including phenoxy) is 1. The minimum atomic E-state index is 0.349. The molecule has 3 nitrogen and oxygen atoms in total. The van der Waals surface area contributed by atoms with Crippen molar-refractivity contribution in [3.05, 3.63) is 29.8 Å². The second-order valence-electron chi connectivity index (χ2n) is 3.71. The maximum atomic E-state index is 5.50. The Kier molecular flexibility index (Phi) is 5.15. The van der Waals surface area contributed by atoms with Crippen LogP contribution in [0.1, 0.15) is 25.3 Å². The molecule has 0 fully saturated rings. The summed E-state index contributed by atoms with van der Waals surface area (Å²) in [6, 6.07) is 8.46. The summed E-state index contributed by atoms with van der Waals surface area (Å²) < 4.78 is 5.18. The van der Waals surface area contributed by atoms with Gasteiger partial charge in [-0.25, -0.2) is 0 Å². The van der Waals surface area contributed by atoms with Crippen molar-refractivity contribution in [2.75, 3.05) is 7.11 Å². The van der Waals surface area contributed by atoms with E-state index in [1.165, 1.54) is 5.56 Å². The Morgan fingerprint density at radius 3 is 2.87 bits per heavy atom. The molecule has 1 aromatic rings. The number of rotatable bonds is 6. The largest absolute Gasteiger partial charge is 0.497 e. The Morgan fingerprint density at radius 2 is 2.27 bits per heavy atom. The molecule has 0 radical (unpaired) electrons. The highest BCUT2D eigenvalue weighted by atomic mass is 16.5. The van der Waals surface area contributed by atoms with Crippen molar-refractivity contribution < 1.29 is 4.74 Å². The van der Waals surface area contributed by atoms with Crippen LogP contribution in [0.15, 0.2) is 24.3 Å². The Bertz CT molecular complexity index is 289. The van der Waals surface area contributed by atoms with E-state index in [1.54, 1.807) is 7.11 Å². The lowest BCUT2D eigenvalue weighted by Gasteiger charge is -2.15. The average Bonchev–Trinajstić information content (AvgIpc) is 2.29. The number of hydrogen-bond acceptors (Lipinski definition) is 3. The van der Waals surface area contributed by atoms with Crippen molar-refractivity contribution in [3.8, 4) is 5.75 Å². The van der Waals surface area contributed by atoms with Crippen LogP contribution in [0.4, 0.5) is 0 Å². The lowest BCUT2D eigenvalue weighted by molar-refractivity contribution is 0.413. The minimum absolute atomic E-state index is 0.349. The monoisotopic (exact) mass is 208 g/mol. The van der Waals surface area contributed by atoms with E-state index in [4.69, 9.17) is 10.6 Å². The molecule has 0 aromatic heterocycles. The highest BCUT2D eigenvalue weighted by Crippen LogP contribution is 2.14. The molecule has 0 saturated carbocycles. The van der Waals surface area contributed by atoms with Crippen LogP contribution in [0.3, 0.4) is 0 Å². The molecule has 0 aliphatic carbocycles. The van der Waals surface area contributed by atoms with Gasteiger partial charge in [0.15, 0.2) is 0 Å². The fourth-order valence-electron chi connectivity index (χ4n) is 1.68. The lowest BCUT2D eigenvalue weighted by Crippen LogP contribution is -2.36. The highest BCUT2D eigenvalue weighted by molar-refractivity contribution is 5.28.